The second-order valence-electron chi connectivity index (χ2n) is 8.32. The van der Waals surface area contributed by atoms with Gasteiger partial charge in [0.1, 0.15) is 0 Å². The topological polar surface area (TPSA) is 55.4 Å². The van der Waals surface area contributed by atoms with Crippen LogP contribution in [0.2, 0.25) is 0 Å². The highest BCUT2D eigenvalue weighted by Gasteiger charge is 2.72. The summed E-state index contributed by atoms with van der Waals surface area (Å²) in [6.07, 6.45) is 12.0. The van der Waals surface area contributed by atoms with E-state index >= 15 is 0 Å². The number of hydrogen-bond acceptors (Lipinski definition) is 6. The van der Waals surface area contributed by atoms with Crippen molar-refractivity contribution in [1.29, 1.82) is 0 Å². The van der Waals surface area contributed by atoms with Crippen molar-refractivity contribution >= 4 is 16.6 Å². The lowest BCUT2D eigenvalue weighted by molar-refractivity contribution is 0.00905. The molecule has 0 saturated carbocycles. The van der Waals surface area contributed by atoms with Gasteiger partial charge in [0, 0.05) is 39.6 Å². The molecule has 32 heavy (non-hydrogen) atoms. The Morgan fingerprint density at radius 1 is 0.312 bits per heavy atom. The minimum atomic E-state index is -3.36. The second kappa shape index (κ2) is 21.7. The Bertz CT molecular complexity index is 312. The van der Waals surface area contributed by atoms with Crippen LogP contribution in [0.25, 0.3) is 0 Å². The highest BCUT2D eigenvalue weighted by atomic mass is 29.3. The van der Waals surface area contributed by atoms with Gasteiger partial charge in [0.2, 0.25) is 0 Å². The molecule has 0 aliphatic heterocycles. The summed E-state index contributed by atoms with van der Waals surface area (Å²) < 4.78 is 39.6. The van der Waals surface area contributed by atoms with Crippen LogP contribution in [0.3, 0.4) is 0 Å². The second-order valence-corrected chi connectivity index (χ2v) is 16.0. The Morgan fingerprint density at radius 3 is 0.594 bits per heavy atom. The first kappa shape index (κ1) is 32.2. The Hall–Kier alpha value is 0.194. The fourth-order valence-electron chi connectivity index (χ4n) is 2.89. The third kappa shape index (κ3) is 12.6. The Balaban J connectivity index is 6.17. The third-order valence-corrected chi connectivity index (χ3v) is 14.2. The molecule has 0 aliphatic carbocycles. The zero-order chi connectivity index (χ0) is 24.0. The monoisotopic (exact) mass is 494 g/mol. The highest BCUT2D eigenvalue weighted by molar-refractivity contribution is 7.26. The normalized spacial score (nSPS) is 12.6. The first-order valence-corrected chi connectivity index (χ1v) is 17.9. The SMILES string of the molecule is CCCCO[Si](OCCCC)(OCCCC)[Si](OCCCC)(OCCCC)OCCCC. The largest absolute Gasteiger partial charge is 0.577 e. The van der Waals surface area contributed by atoms with Crippen LogP contribution in [0.5, 0.6) is 0 Å². The van der Waals surface area contributed by atoms with Crippen molar-refractivity contribution < 1.29 is 26.6 Å². The van der Waals surface area contributed by atoms with Gasteiger partial charge in [0.05, 0.1) is 0 Å². The van der Waals surface area contributed by atoms with Gasteiger partial charge in [-0.1, -0.05) is 80.1 Å². The van der Waals surface area contributed by atoms with Gasteiger partial charge in [-0.3, -0.25) is 0 Å². The number of rotatable bonds is 25. The fourth-order valence-corrected chi connectivity index (χ4v) is 11.9. The molecule has 0 unspecified atom stereocenters. The van der Waals surface area contributed by atoms with E-state index in [2.05, 4.69) is 41.5 Å². The average Bonchev–Trinajstić information content (AvgIpc) is 2.79. The summed E-state index contributed by atoms with van der Waals surface area (Å²) in [6, 6.07) is 0. The molecule has 0 aromatic heterocycles. The predicted molar refractivity (Wildman–Crippen MR) is 137 cm³/mol. The molecule has 0 N–H and O–H groups in total. The molecule has 0 aliphatic rings. The summed E-state index contributed by atoms with van der Waals surface area (Å²) in [6.45, 7) is 16.5. The fraction of sp³-hybridized carbons (Fsp3) is 1.00. The molecular formula is C24H54O6Si2. The lowest BCUT2D eigenvalue weighted by Gasteiger charge is -2.41. The smallest absolute Gasteiger partial charge is 0.371 e. The van der Waals surface area contributed by atoms with E-state index in [9.17, 15) is 0 Å². The van der Waals surface area contributed by atoms with Crippen molar-refractivity contribution in [2.45, 2.75) is 119 Å². The van der Waals surface area contributed by atoms with Gasteiger partial charge < -0.3 is 26.6 Å². The molecule has 6 nitrogen and oxygen atoms in total. The summed E-state index contributed by atoms with van der Waals surface area (Å²) >= 11 is 0. The van der Waals surface area contributed by atoms with Gasteiger partial charge in [-0.2, -0.15) is 0 Å². The van der Waals surface area contributed by atoms with Crippen molar-refractivity contribution in [2.75, 3.05) is 39.6 Å². The Labute approximate surface area is 201 Å². The van der Waals surface area contributed by atoms with Gasteiger partial charge in [0.15, 0.2) is 0 Å². The van der Waals surface area contributed by atoms with E-state index < -0.39 is 16.6 Å². The minimum Gasteiger partial charge on any atom is -0.371 e. The van der Waals surface area contributed by atoms with Crippen LogP contribution in [-0.2, 0) is 26.6 Å². The van der Waals surface area contributed by atoms with Crippen LogP contribution in [0.4, 0.5) is 0 Å². The first-order valence-electron chi connectivity index (χ1n) is 13.4. The van der Waals surface area contributed by atoms with E-state index in [0.29, 0.717) is 39.6 Å². The maximum Gasteiger partial charge on any atom is 0.577 e. The van der Waals surface area contributed by atoms with Crippen molar-refractivity contribution in [2.24, 2.45) is 0 Å². The predicted octanol–water partition coefficient (Wildman–Crippen LogP) is 6.84. The molecule has 0 saturated heterocycles. The quantitative estimate of drug-likeness (QED) is 0.102. The maximum atomic E-state index is 6.60. The number of hydrogen-bond donors (Lipinski definition) is 0. The summed E-state index contributed by atoms with van der Waals surface area (Å²) in [5.74, 6) is 0. The van der Waals surface area contributed by atoms with Gasteiger partial charge in [-0.15, -0.1) is 0 Å². The van der Waals surface area contributed by atoms with Crippen LogP contribution in [0, 0.1) is 0 Å². The summed E-state index contributed by atoms with van der Waals surface area (Å²) in [5, 5.41) is 0. The van der Waals surface area contributed by atoms with Crippen LogP contribution in [0.15, 0.2) is 0 Å². The molecule has 0 aromatic rings. The van der Waals surface area contributed by atoms with E-state index in [0.717, 1.165) is 77.0 Å². The Morgan fingerprint density at radius 2 is 0.469 bits per heavy atom. The Kier molecular flexibility index (Phi) is 21.8. The zero-order valence-corrected chi connectivity index (χ0v) is 24.2. The molecule has 0 radical (unpaired) electrons. The van der Waals surface area contributed by atoms with E-state index in [1.807, 2.05) is 0 Å². The third-order valence-electron chi connectivity index (χ3n) is 5.11. The summed E-state index contributed by atoms with van der Waals surface area (Å²) in [5.41, 5.74) is 0. The summed E-state index contributed by atoms with van der Waals surface area (Å²) in [7, 11) is -6.73. The van der Waals surface area contributed by atoms with Gasteiger partial charge in [-0.25, -0.2) is 0 Å². The van der Waals surface area contributed by atoms with E-state index in [4.69, 9.17) is 26.6 Å². The van der Waals surface area contributed by atoms with Crippen LogP contribution < -0.4 is 0 Å². The number of unbranched alkanes of at least 4 members (excludes halogenated alkanes) is 6. The summed E-state index contributed by atoms with van der Waals surface area (Å²) in [4.78, 5) is 0. The van der Waals surface area contributed by atoms with Gasteiger partial charge in [-0.05, 0) is 38.5 Å². The van der Waals surface area contributed by atoms with Gasteiger partial charge in [0.25, 0.3) is 0 Å². The molecular weight excluding hydrogens is 440 g/mol. The zero-order valence-electron chi connectivity index (χ0n) is 22.2. The minimum absolute atomic E-state index is 0.584. The molecule has 0 rings (SSSR count). The van der Waals surface area contributed by atoms with Crippen molar-refractivity contribution in [3.05, 3.63) is 0 Å². The molecule has 8 heteroatoms. The van der Waals surface area contributed by atoms with Crippen LogP contribution in [0.1, 0.15) is 119 Å². The molecule has 0 heterocycles. The average molecular weight is 495 g/mol. The molecule has 0 aromatic carbocycles. The maximum absolute atomic E-state index is 6.60. The van der Waals surface area contributed by atoms with E-state index in [1.54, 1.807) is 0 Å². The first-order chi connectivity index (χ1) is 15.6. The van der Waals surface area contributed by atoms with Crippen LogP contribution >= 0.6 is 0 Å². The molecule has 0 amide bonds. The van der Waals surface area contributed by atoms with E-state index in [-0.39, 0.29) is 0 Å². The lowest BCUT2D eigenvalue weighted by atomic mass is 10.4. The van der Waals surface area contributed by atoms with Crippen molar-refractivity contribution in [3.63, 3.8) is 0 Å². The van der Waals surface area contributed by atoms with Crippen molar-refractivity contribution in [1.82, 2.24) is 0 Å². The molecule has 0 atom stereocenters. The van der Waals surface area contributed by atoms with Gasteiger partial charge >= 0.3 is 16.6 Å². The molecule has 0 bridgehead atoms. The molecule has 194 valence electrons. The standard InChI is InChI=1S/C24H54O6Si2/c1-7-13-19-25-31(26-20-14-8-2,27-21-15-9-3)32(28-22-16-10-4,29-23-17-11-5)30-24-18-12-6/h7-24H2,1-6H3. The molecule has 0 spiro atoms. The van der Waals surface area contributed by atoms with Crippen LogP contribution in [-0.4, -0.2) is 56.3 Å². The van der Waals surface area contributed by atoms with E-state index in [1.165, 1.54) is 0 Å². The molecule has 0 fully saturated rings. The van der Waals surface area contributed by atoms with Crippen molar-refractivity contribution in [3.8, 4) is 0 Å². The lowest BCUT2D eigenvalue weighted by Crippen LogP contribution is -2.74. The highest BCUT2D eigenvalue weighted by Crippen LogP contribution is 2.30.